The van der Waals surface area contributed by atoms with Gasteiger partial charge in [-0.15, -0.1) is 0 Å². The zero-order chi connectivity index (χ0) is 29.7. The second-order valence-electron chi connectivity index (χ2n) is 12.5. The molecule has 4 atom stereocenters. The summed E-state index contributed by atoms with van der Waals surface area (Å²) in [5.74, 6) is 1.01. The molecule has 3 aliphatic heterocycles. The van der Waals surface area contributed by atoms with Crippen molar-refractivity contribution in [2.45, 2.75) is 82.4 Å². The molecule has 0 spiro atoms. The molecule has 41 heavy (non-hydrogen) atoms. The van der Waals surface area contributed by atoms with Gasteiger partial charge in [0.1, 0.15) is 28.8 Å². The van der Waals surface area contributed by atoms with E-state index in [4.69, 9.17) is 24.7 Å². The lowest BCUT2D eigenvalue weighted by atomic mass is 9.85. The number of hydrogen-bond donors (Lipinski definition) is 2. The Kier molecular flexibility index (Phi) is 7.28. The third-order valence-corrected chi connectivity index (χ3v) is 8.05. The third-order valence-electron chi connectivity index (χ3n) is 8.05. The number of para-hydroxylation sites is 1. The molecule has 220 valence electrons. The molecule has 0 aliphatic carbocycles. The molecule has 2 unspecified atom stereocenters. The molecule has 3 aliphatic rings. The molecule has 0 fully saturated rings. The first-order chi connectivity index (χ1) is 19.3. The van der Waals surface area contributed by atoms with E-state index in [1.54, 1.807) is 37.3 Å². The molecule has 0 bridgehead atoms. The van der Waals surface area contributed by atoms with Gasteiger partial charge < -0.3 is 30.0 Å². The van der Waals surface area contributed by atoms with Crippen LogP contribution in [0.25, 0.3) is 0 Å². The van der Waals surface area contributed by atoms with Gasteiger partial charge in [-0.05, 0) is 58.9 Å². The Labute approximate surface area is 241 Å². The van der Waals surface area contributed by atoms with E-state index in [9.17, 15) is 9.59 Å². The van der Waals surface area contributed by atoms with Crippen molar-refractivity contribution >= 4 is 17.8 Å². The van der Waals surface area contributed by atoms with Crippen LogP contribution in [-0.2, 0) is 14.3 Å². The maximum atomic E-state index is 13.8. The minimum Gasteiger partial charge on any atom is -0.485 e. The highest BCUT2D eigenvalue weighted by Crippen LogP contribution is 2.45. The Balaban J connectivity index is 1.52. The number of carbonyl (C=O) groups excluding carboxylic acids is 2. The first-order valence-electron chi connectivity index (χ1n) is 13.9. The number of hydrogen-bond acceptors (Lipinski definition) is 8. The van der Waals surface area contributed by atoms with E-state index in [1.165, 1.54) is 0 Å². The fraction of sp³-hybridized carbons (Fsp3) is 0.516. The number of ether oxygens (including phenoxy) is 4. The summed E-state index contributed by atoms with van der Waals surface area (Å²) in [5, 5.41) is 3.18. The van der Waals surface area contributed by atoms with E-state index in [0.717, 1.165) is 5.56 Å². The molecular weight excluding hydrogens is 524 g/mol. The average Bonchev–Trinajstić information content (AvgIpc) is 2.86. The molecular formula is C31H40N4O6. The van der Waals surface area contributed by atoms with E-state index in [1.807, 2.05) is 58.9 Å². The number of nitrogens with two attached hydrogens (primary N) is 1. The Morgan fingerprint density at radius 2 is 1.78 bits per heavy atom. The second kappa shape index (κ2) is 10.3. The van der Waals surface area contributed by atoms with Crippen LogP contribution in [0, 0.1) is 0 Å². The predicted molar refractivity (Wildman–Crippen MR) is 154 cm³/mol. The van der Waals surface area contributed by atoms with E-state index in [-0.39, 0.29) is 24.2 Å². The Hall–Kier alpha value is -3.63. The van der Waals surface area contributed by atoms with Gasteiger partial charge in [-0.1, -0.05) is 18.2 Å². The number of benzene rings is 2. The van der Waals surface area contributed by atoms with Crippen LogP contribution in [0.3, 0.4) is 0 Å². The summed E-state index contributed by atoms with van der Waals surface area (Å²) >= 11 is 0. The van der Waals surface area contributed by atoms with Crippen LogP contribution in [0.5, 0.6) is 11.5 Å². The van der Waals surface area contributed by atoms with Gasteiger partial charge in [0.05, 0.1) is 30.7 Å². The molecule has 0 aromatic heterocycles. The van der Waals surface area contributed by atoms with Crippen molar-refractivity contribution in [3.05, 3.63) is 59.2 Å². The number of amides is 2. The topological polar surface area (TPSA) is 125 Å². The summed E-state index contributed by atoms with van der Waals surface area (Å²) in [6.07, 6.45) is 0.197. The normalized spacial score (nSPS) is 28.0. The number of nitrogens with one attached hydrogen (secondary N) is 1. The standard InChI is InChI=1S/C31H40N4O6/c1-29(2)16-24(36)35(28(32)34-29)21-15-31(5,17-38-6)41-23-13-12-18(14-20(21)23)27(37)33-25-19-10-8-9-11-22(19)40-30(3,4)26(25)39-7/h8-14,21,25-26H,15-17H2,1-7H3,(H2,32,34)(H,33,37)/t21?,25-,26+,31?/m1/s1. The van der Waals surface area contributed by atoms with Crippen LogP contribution in [0.4, 0.5) is 0 Å². The fourth-order valence-corrected chi connectivity index (χ4v) is 6.35. The quantitative estimate of drug-likeness (QED) is 0.545. The SMILES string of the molecule is COCC1(C)CC(N2C(=O)CC(C)(C)N=C2N)c2cc(C(=O)N[C@@H]3c4ccccc4OC(C)(C)[C@H]3OC)ccc2O1. The van der Waals surface area contributed by atoms with Crippen molar-refractivity contribution in [2.24, 2.45) is 10.7 Å². The monoisotopic (exact) mass is 564 g/mol. The summed E-state index contributed by atoms with van der Waals surface area (Å²) < 4.78 is 23.9. The van der Waals surface area contributed by atoms with Gasteiger partial charge in [-0.2, -0.15) is 0 Å². The summed E-state index contributed by atoms with van der Waals surface area (Å²) in [5.41, 5.74) is 6.36. The smallest absolute Gasteiger partial charge is 0.251 e. The van der Waals surface area contributed by atoms with Gasteiger partial charge >= 0.3 is 0 Å². The highest BCUT2D eigenvalue weighted by molar-refractivity contribution is 6.00. The molecule has 2 aromatic rings. The maximum absolute atomic E-state index is 13.8. The van der Waals surface area contributed by atoms with Crippen molar-refractivity contribution < 1.29 is 28.5 Å². The number of fused-ring (bicyclic) bond motifs is 2. The van der Waals surface area contributed by atoms with Crippen molar-refractivity contribution in [2.75, 3.05) is 20.8 Å². The van der Waals surface area contributed by atoms with Gasteiger partial charge in [-0.25, -0.2) is 4.99 Å². The number of carbonyl (C=O) groups is 2. The highest BCUT2D eigenvalue weighted by atomic mass is 16.6. The van der Waals surface area contributed by atoms with E-state index in [0.29, 0.717) is 35.7 Å². The molecule has 5 rings (SSSR count). The van der Waals surface area contributed by atoms with Gasteiger partial charge in [0, 0.05) is 37.3 Å². The Morgan fingerprint density at radius 3 is 2.46 bits per heavy atom. The highest BCUT2D eigenvalue weighted by Gasteiger charge is 2.47. The average molecular weight is 565 g/mol. The third kappa shape index (κ3) is 5.38. The molecule has 10 heteroatoms. The van der Waals surface area contributed by atoms with Gasteiger partial charge in [-0.3, -0.25) is 14.5 Å². The lowest BCUT2D eigenvalue weighted by Crippen LogP contribution is -2.55. The van der Waals surface area contributed by atoms with Crippen LogP contribution >= 0.6 is 0 Å². The minimum absolute atomic E-state index is 0.126. The van der Waals surface area contributed by atoms with E-state index >= 15 is 0 Å². The summed E-state index contributed by atoms with van der Waals surface area (Å²) in [6.45, 7) is 9.90. The fourth-order valence-electron chi connectivity index (χ4n) is 6.35. The van der Waals surface area contributed by atoms with Gasteiger partial charge in [0.25, 0.3) is 5.91 Å². The van der Waals surface area contributed by atoms with Crippen molar-refractivity contribution in [1.82, 2.24) is 10.2 Å². The zero-order valence-corrected chi connectivity index (χ0v) is 24.8. The first-order valence-corrected chi connectivity index (χ1v) is 13.9. The Morgan fingerprint density at radius 1 is 1.07 bits per heavy atom. The van der Waals surface area contributed by atoms with Crippen LogP contribution < -0.4 is 20.5 Å². The van der Waals surface area contributed by atoms with Crippen LogP contribution in [0.1, 0.15) is 81.0 Å². The number of rotatable bonds is 6. The Bertz CT molecular complexity index is 1390. The van der Waals surface area contributed by atoms with Crippen molar-refractivity contribution in [3.63, 3.8) is 0 Å². The summed E-state index contributed by atoms with van der Waals surface area (Å²) in [6, 6.07) is 12.0. The number of methoxy groups -OCH3 is 2. The molecule has 3 N–H and O–H groups in total. The lowest BCUT2D eigenvalue weighted by molar-refractivity contribution is -0.133. The summed E-state index contributed by atoms with van der Waals surface area (Å²) in [7, 11) is 3.23. The molecule has 2 aromatic carbocycles. The predicted octanol–water partition coefficient (Wildman–Crippen LogP) is 3.90. The number of aliphatic imine (C=N–C) groups is 1. The van der Waals surface area contributed by atoms with E-state index < -0.39 is 34.9 Å². The zero-order valence-electron chi connectivity index (χ0n) is 24.8. The molecule has 3 heterocycles. The van der Waals surface area contributed by atoms with Crippen LogP contribution in [-0.4, -0.2) is 66.3 Å². The molecule has 2 amide bonds. The molecule has 10 nitrogen and oxygen atoms in total. The molecule has 0 saturated carbocycles. The van der Waals surface area contributed by atoms with Crippen LogP contribution in [0.2, 0.25) is 0 Å². The summed E-state index contributed by atoms with van der Waals surface area (Å²) in [4.78, 5) is 33.4. The van der Waals surface area contributed by atoms with Gasteiger partial charge in [0.2, 0.25) is 5.91 Å². The van der Waals surface area contributed by atoms with Gasteiger partial charge in [0.15, 0.2) is 5.96 Å². The van der Waals surface area contributed by atoms with E-state index in [2.05, 4.69) is 10.3 Å². The first kappa shape index (κ1) is 28.9. The molecule has 0 radical (unpaired) electrons. The lowest BCUT2D eigenvalue weighted by Gasteiger charge is -2.45. The largest absolute Gasteiger partial charge is 0.485 e. The van der Waals surface area contributed by atoms with Crippen molar-refractivity contribution in [1.29, 1.82) is 0 Å². The molecule has 0 saturated heterocycles. The van der Waals surface area contributed by atoms with Crippen LogP contribution in [0.15, 0.2) is 47.5 Å². The minimum atomic E-state index is -0.715. The number of guanidine groups is 1. The van der Waals surface area contributed by atoms with Crippen molar-refractivity contribution in [3.8, 4) is 11.5 Å². The second-order valence-corrected chi connectivity index (χ2v) is 12.5. The number of nitrogens with zero attached hydrogens (tertiary/aromatic N) is 2. The maximum Gasteiger partial charge on any atom is 0.251 e.